The number of hydrogen-bond acceptors (Lipinski definition) is 4. The molecular formula is C15H16N6O. The molecule has 4 rings (SSSR count). The minimum atomic E-state index is -0.126. The maximum absolute atomic E-state index is 12.5. The lowest BCUT2D eigenvalue weighted by molar-refractivity contribution is 0.0929. The summed E-state index contributed by atoms with van der Waals surface area (Å²) < 4.78 is 3.73. The zero-order chi connectivity index (χ0) is 15.1. The van der Waals surface area contributed by atoms with Crippen LogP contribution in [0.15, 0.2) is 30.9 Å². The Morgan fingerprint density at radius 2 is 2.36 bits per heavy atom. The van der Waals surface area contributed by atoms with Crippen LogP contribution >= 0.6 is 0 Å². The van der Waals surface area contributed by atoms with E-state index < -0.39 is 0 Å². The number of carbonyl (C=O) groups excluding carboxylic acids is 1. The summed E-state index contributed by atoms with van der Waals surface area (Å²) in [5.74, 6) is 0.972. The summed E-state index contributed by atoms with van der Waals surface area (Å²) in [4.78, 5) is 21.2. The van der Waals surface area contributed by atoms with Crippen molar-refractivity contribution in [2.24, 2.45) is 0 Å². The highest BCUT2D eigenvalue weighted by atomic mass is 16.1. The zero-order valence-electron chi connectivity index (χ0n) is 12.2. The topological polar surface area (TPSA) is 77.1 Å². The van der Waals surface area contributed by atoms with Gasteiger partial charge < -0.3 is 9.88 Å². The molecule has 0 saturated heterocycles. The lowest BCUT2D eigenvalue weighted by Gasteiger charge is -2.24. The van der Waals surface area contributed by atoms with E-state index in [1.807, 2.05) is 13.1 Å². The van der Waals surface area contributed by atoms with Crippen LogP contribution in [0.1, 0.15) is 28.3 Å². The third-order valence-corrected chi connectivity index (χ3v) is 3.97. The maximum Gasteiger partial charge on any atom is 0.257 e. The van der Waals surface area contributed by atoms with Crippen LogP contribution in [0, 0.1) is 6.92 Å². The summed E-state index contributed by atoms with van der Waals surface area (Å²) in [7, 11) is 0. The largest absolute Gasteiger partial charge is 0.347 e. The van der Waals surface area contributed by atoms with Crippen molar-refractivity contribution in [3.63, 3.8) is 0 Å². The van der Waals surface area contributed by atoms with Gasteiger partial charge in [0.15, 0.2) is 5.65 Å². The Morgan fingerprint density at radius 3 is 3.27 bits per heavy atom. The predicted molar refractivity (Wildman–Crippen MR) is 79.5 cm³/mol. The van der Waals surface area contributed by atoms with E-state index in [9.17, 15) is 4.79 Å². The van der Waals surface area contributed by atoms with Crippen molar-refractivity contribution in [2.45, 2.75) is 32.4 Å². The normalized spacial score (nSPS) is 17.4. The molecule has 0 spiro atoms. The minimum Gasteiger partial charge on any atom is -0.347 e. The Hall–Kier alpha value is -2.70. The third-order valence-electron chi connectivity index (χ3n) is 3.97. The maximum atomic E-state index is 12.5. The summed E-state index contributed by atoms with van der Waals surface area (Å²) >= 11 is 0. The van der Waals surface area contributed by atoms with Crippen LogP contribution in [0.3, 0.4) is 0 Å². The van der Waals surface area contributed by atoms with E-state index in [0.717, 1.165) is 30.9 Å². The zero-order valence-corrected chi connectivity index (χ0v) is 12.2. The van der Waals surface area contributed by atoms with E-state index in [0.29, 0.717) is 11.2 Å². The van der Waals surface area contributed by atoms with E-state index in [-0.39, 0.29) is 11.9 Å². The molecule has 3 aromatic heterocycles. The first-order valence-corrected chi connectivity index (χ1v) is 7.32. The Bertz CT molecular complexity index is 849. The standard InChI is InChI=1S/C15H16N6O/c1-10-8-20-9-11(3-4-13(20)18-10)19-15(22)12-7-17-21-6-2-5-16-14(12)21/h2,5-8,11H,3-4,9H2,1H3,(H,19,22)/t11-/m1/s1. The number of carbonyl (C=O) groups is 1. The molecule has 1 aliphatic heterocycles. The number of aromatic nitrogens is 5. The van der Waals surface area contributed by atoms with Gasteiger partial charge in [0.25, 0.3) is 5.91 Å². The van der Waals surface area contributed by atoms with Crippen LogP contribution in [0.2, 0.25) is 0 Å². The molecule has 0 saturated carbocycles. The number of nitrogens with one attached hydrogen (secondary N) is 1. The minimum absolute atomic E-state index is 0.104. The molecule has 7 nitrogen and oxygen atoms in total. The summed E-state index contributed by atoms with van der Waals surface area (Å²) in [5, 5.41) is 7.23. The summed E-state index contributed by atoms with van der Waals surface area (Å²) in [6, 6.07) is 1.89. The Morgan fingerprint density at radius 1 is 1.45 bits per heavy atom. The van der Waals surface area contributed by atoms with Crippen molar-refractivity contribution < 1.29 is 4.79 Å². The average Bonchev–Trinajstić information content (AvgIpc) is 3.09. The molecule has 22 heavy (non-hydrogen) atoms. The van der Waals surface area contributed by atoms with Gasteiger partial charge in [0.2, 0.25) is 0 Å². The summed E-state index contributed by atoms with van der Waals surface area (Å²) in [6.07, 6.45) is 8.81. The lowest BCUT2D eigenvalue weighted by Crippen LogP contribution is -2.40. The van der Waals surface area contributed by atoms with Crippen LogP contribution < -0.4 is 5.32 Å². The van der Waals surface area contributed by atoms with E-state index in [2.05, 4.69) is 25.0 Å². The number of fused-ring (bicyclic) bond motifs is 2. The van der Waals surface area contributed by atoms with Gasteiger partial charge in [-0.25, -0.2) is 14.5 Å². The molecule has 3 aromatic rings. The number of nitrogens with zero attached hydrogens (tertiary/aromatic N) is 5. The van der Waals surface area contributed by atoms with Crippen LogP contribution in [-0.4, -0.2) is 36.1 Å². The Labute approximate surface area is 127 Å². The molecule has 0 unspecified atom stereocenters. The first-order chi connectivity index (χ1) is 10.7. The fourth-order valence-corrected chi connectivity index (χ4v) is 2.95. The first-order valence-electron chi connectivity index (χ1n) is 7.32. The van der Waals surface area contributed by atoms with Gasteiger partial charge in [-0.3, -0.25) is 4.79 Å². The SMILES string of the molecule is Cc1cn2c(n1)CC[C@@H](NC(=O)c1cnn3cccnc13)C2. The molecule has 112 valence electrons. The highest BCUT2D eigenvalue weighted by Crippen LogP contribution is 2.16. The predicted octanol–water partition coefficient (Wildman–Crippen LogP) is 0.979. The Kier molecular flexibility index (Phi) is 2.92. The molecule has 1 atom stereocenters. The van der Waals surface area contributed by atoms with Crippen molar-refractivity contribution >= 4 is 11.6 Å². The molecule has 1 amide bonds. The average molecular weight is 296 g/mol. The summed E-state index contributed by atoms with van der Waals surface area (Å²) in [6.45, 7) is 2.75. The van der Waals surface area contributed by atoms with Crippen LogP contribution in [0.4, 0.5) is 0 Å². The molecule has 7 heteroatoms. The first kappa shape index (κ1) is 13.0. The molecule has 0 radical (unpaired) electrons. The fraction of sp³-hybridized carbons (Fsp3) is 0.333. The molecule has 1 aliphatic rings. The third kappa shape index (κ3) is 2.14. The van der Waals surface area contributed by atoms with Crippen LogP contribution in [-0.2, 0) is 13.0 Å². The Balaban J connectivity index is 1.53. The molecule has 0 fully saturated rings. The van der Waals surface area contributed by atoms with Crippen molar-refractivity contribution in [1.29, 1.82) is 0 Å². The number of aryl methyl sites for hydroxylation is 2. The van der Waals surface area contributed by atoms with Gasteiger partial charge in [-0.2, -0.15) is 5.10 Å². The molecular weight excluding hydrogens is 280 g/mol. The van der Waals surface area contributed by atoms with E-state index in [4.69, 9.17) is 0 Å². The van der Waals surface area contributed by atoms with Crippen LogP contribution in [0.5, 0.6) is 0 Å². The van der Waals surface area contributed by atoms with Gasteiger partial charge in [-0.1, -0.05) is 0 Å². The molecule has 4 heterocycles. The lowest BCUT2D eigenvalue weighted by atomic mass is 10.1. The second kappa shape index (κ2) is 4.94. The van der Waals surface area contributed by atoms with Crippen molar-refractivity contribution in [2.75, 3.05) is 0 Å². The molecule has 0 bridgehead atoms. The van der Waals surface area contributed by atoms with Gasteiger partial charge in [-0.05, 0) is 19.4 Å². The van der Waals surface area contributed by atoms with Gasteiger partial charge in [0.1, 0.15) is 11.4 Å². The van der Waals surface area contributed by atoms with Crippen molar-refractivity contribution in [1.82, 2.24) is 29.5 Å². The number of imidazole rings is 1. The van der Waals surface area contributed by atoms with Crippen LogP contribution in [0.25, 0.3) is 5.65 Å². The number of amides is 1. The van der Waals surface area contributed by atoms with Gasteiger partial charge in [0, 0.05) is 37.6 Å². The van der Waals surface area contributed by atoms with E-state index in [1.54, 1.807) is 29.2 Å². The van der Waals surface area contributed by atoms with Gasteiger partial charge in [-0.15, -0.1) is 0 Å². The van der Waals surface area contributed by atoms with Crippen molar-refractivity contribution in [3.8, 4) is 0 Å². The van der Waals surface area contributed by atoms with Gasteiger partial charge >= 0.3 is 0 Å². The molecule has 1 N–H and O–H groups in total. The highest BCUT2D eigenvalue weighted by Gasteiger charge is 2.23. The smallest absolute Gasteiger partial charge is 0.257 e. The monoisotopic (exact) mass is 296 g/mol. The highest BCUT2D eigenvalue weighted by molar-refractivity contribution is 5.99. The fourth-order valence-electron chi connectivity index (χ4n) is 2.95. The van der Waals surface area contributed by atoms with E-state index >= 15 is 0 Å². The van der Waals surface area contributed by atoms with Gasteiger partial charge in [0.05, 0.1) is 11.9 Å². The summed E-state index contributed by atoms with van der Waals surface area (Å²) in [5.41, 5.74) is 2.11. The second-order valence-electron chi connectivity index (χ2n) is 5.61. The number of rotatable bonds is 2. The quantitative estimate of drug-likeness (QED) is 0.764. The molecule has 0 aromatic carbocycles. The number of hydrogen-bond donors (Lipinski definition) is 1. The van der Waals surface area contributed by atoms with Crippen molar-refractivity contribution in [3.05, 3.63) is 47.9 Å². The molecule has 0 aliphatic carbocycles. The second-order valence-corrected chi connectivity index (χ2v) is 5.61. The van der Waals surface area contributed by atoms with E-state index in [1.165, 1.54) is 0 Å².